The minimum atomic E-state index is -4.02. The van der Waals surface area contributed by atoms with Crippen LogP contribution in [0.5, 0.6) is 0 Å². The number of aryl methyl sites for hydroxylation is 1. The van der Waals surface area contributed by atoms with Gasteiger partial charge in [-0.3, -0.25) is 4.55 Å². The van der Waals surface area contributed by atoms with E-state index in [0.29, 0.717) is 0 Å². The van der Waals surface area contributed by atoms with Gasteiger partial charge < -0.3 is 0 Å². The fraction of sp³-hybridized carbons (Fsp3) is 0.125. The van der Waals surface area contributed by atoms with Gasteiger partial charge in [-0.1, -0.05) is 48.0 Å². The van der Waals surface area contributed by atoms with Crippen molar-refractivity contribution in [2.24, 2.45) is 0 Å². The van der Waals surface area contributed by atoms with Gasteiger partial charge in [0.05, 0.1) is 4.90 Å². The van der Waals surface area contributed by atoms with Crippen molar-refractivity contribution >= 4 is 21.8 Å². The first-order valence-electron chi connectivity index (χ1n) is 6.20. The minimum Gasteiger partial charge on any atom is -0.282 e. The molecule has 0 atom stereocenters. The molecule has 0 spiro atoms. The van der Waals surface area contributed by atoms with Gasteiger partial charge in [0.15, 0.2) is 0 Å². The molecule has 3 rings (SSSR count). The first kappa shape index (κ1) is 14.5. The Balaban J connectivity index is 0.000000149. The predicted octanol–water partition coefficient (Wildman–Crippen LogP) is 3.80. The van der Waals surface area contributed by atoms with Crippen LogP contribution in [0.15, 0.2) is 53.4 Å². The molecule has 2 aromatic carbocycles. The monoisotopic (exact) mass is 288 g/mol. The van der Waals surface area contributed by atoms with E-state index in [4.69, 9.17) is 4.55 Å². The first-order chi connectivity index (χ1) is 9.38. The summed E-state index contributed by atoms with van der Waals surface area (Å²) in [6.07, 6.45) is 2.20. The molecule has 104 valence electrons. The fourth-order valence-corrected chi connectivity index (χ4v) is 2.41. The van der Waals surface area contributed by atoms with Gasteiger partial charge in [-0.2, -0.15) is 8.42 Å². The zero-order valence-electron chi connectivity index (χ0n) is 11.4. The summed E-state index contributed by atoms with van der Waals surface area (Å²) >= 11 is 0. The minimum absolute atomic E-state index is 0.0666. The predicted molar refractivity (Wildman–Crippen MR) is 81.0 cm³/mol. The van der Waals surface area contributed by atoms with E-state index in [1.165, 1.54) is 28.8 Å². The van der Waals surface area contributed by atoms with Gasteiger partial charge in [-0.05, 0) is 42.7 Å². The number of hydrogen-bond donors (Lipinski definition) is 1. The van der Waals surface area contributed by atoms with Crippen LogP contribution in [0.3, 0.4) is 0 Å². The summed E-state index contributed by atoms with van der Waals surface area (Å²) in [5.74, 6) is 0. The van der Waals surface area contributed by atoms with Crippen LogP contribution in [0.4, 0.5) is 0 Å². The molecule has 0 heterocycles. The summed E-state index contributed by atoms with van der Waals surface area (Å²) < 4.78 is 29.6. The number of hydrogen-bond acceptors (Lipinski definition) is 2. The summed E-state index contributed by atoms with van der Waals surface area (Å²) in [6.45, 7) is 3.98. The first-order valence-corrected chi connectivity index (χ1v) is 7.64. The highest BCUT2D eigenvalue weighted by Gasteiger charge is 2.08. The Morgan fingerprint density at radius 1 is 0.900 bits per heavy atom. The third-order valence-electron chi connectivity index (χ3n) is 3.08. The Bertz CT molecular complexity index is 742. The average Bonchev–Trinajstić information content (AvgIpc) is 2.38. The van der Waals surface area contributed by atoms with Crippen molar-refractivity contribution in [1.29, 1.82) is 0 Å². The van der Waals surface area contributed by atoms with Crippen molar-refractivity contribution < 1.29 is 13.0 Å². The smallest absolute Gasteiger partial charge is 0.282 e. The van der Waals surface area contributed by atoms with Crippen molar-refractivity contribution in [1.82, 2.24) is 0 Å². The van der Waals surface area contributed by atoms with Gasteiger partial charge in [-0.25, -0.2) is 0 Å². The van der Waals surface area contributed by atoms with Crippen molar-refractivity contribution in [3.8, 4) is 0 Å². The molecule has 0 fully saturated rings. The standard InChI is InChI=1S/C9H8.C7H8O3S/c1-7-6-8-4-2-3-5-9(7)8;1-6-2-4-7(5-3-6)11(8,9)10/h2-6H,1H3;2-5H,1H3,(H,8,9,10). The highest BCUT2D eigenvalue weighted by atomic mass is 32.2. The molecular formula is C16H16O3S. The molecule has 0 aliphatic heterocycles. The molecule has 4 heteroatoms. The number of benzene rings is 2. The summed E-state index contributed by atoms with van der Waals surface area (Å²) in [5.41, 5.74) is 5.16. The lowest BCUT2D eigenvalue weighted by molar-refractivity contribution is 0.483. The maximum atomic E-state index is 10.5. The zero-order chi connectivity index (χ0) is 14.8. The van der Waals surface area contributed by atoms with Gasteiger partial charge >= 0.3 is 0 Å². The topological polar surface area (TPSA) is 54.4 Å². The van der Waals surface area contributed by atoms with E-state index in [9.17, 15) is 8.42 Å². The Morgan fingerprint density at radius 3 is 1.95 bits per heavy atom. The lowest BCUT2D eigenvalue weighted by Gasteiger charge is -2.14. The van der Waals surface area contributed by atoms with Crippen LogP contribution in [0, 0.1) is 6.92 Å². The molecule has 20 heavy (non-hydrogen) atoms. The summed E-state index contributed by atoms with van der Waals surface area (Å²) in [6, 6.07) is 14.4. The van der Waals surface area contributed by atoms with Gasteiger partial charge in [0, 0.05) is 0 Å². The largest absolute Gasteiger partial charge is 0.294 e. The summed E-state index contributed by atoms with van der Waals surface area (Å²) in [5, 5.41) is 0. The fourth-order valence-electron chi connectivity index (χ4n) is 1.93. The van der Waals surface area contributed by atoms with E-state index in [2.05, 4.69) is 37.3 Å². The van der Waals surface area contributed by atoms with Crippen LogP contribution in [-0.2, 0) is 10.1 Å². The van der Waals surface area contributed by atoms with Gasteiger partial charge in [0.1, 0.15) is 0 Å². The van der Waals surface area contributed by atoms with E-state index in [1.807, 2.05) is 6.92 Å². The quantitative estimate of drug-likeness (QED) is 0.812. The summed E-state index contributed by atoms with van der Waals surface area (Å²) in [7, 11) is -4.02. The second-order valence-electron chi connectivity index (χ2n) is 4.70. The Kier molecular flexibility index (Phi) is 4.06. The molecule has 1 N–H and O–H groups in total. The molecule has 0 aromatic heterocycles. The molecule has 0 bridgehead atoms. The number of rotatable bonds is 1. The van der Waals surface area contributed by atoms with E-state index in [1.54, 1.807) is 12.1 Å². The van der Waals surface area contributed by atoms with E-state index >= 15 is 0 Å². The van der Waals surface area contributed by atoms with Crippen molar-refractivity contribution in [3.05, 3.63) is 65.2 Å². The molecular weight excluding hydrogens is 272 g/mol. The van der Waals surface area contributed by atoms with Crippen molar-refractivity contribution in [2.75, 3.05) is 0 Å². The molecule has 0 amide bonds. The van der Waals surface area contributed by atoms with Gasteiger partial charge in [0.25, 0.3) is 10.1 Å². The third kappa shape index (κ3) is 3.35. The van der Waals surface area contributed by atoms with Crippen LogP contribution in [-0.4, -0.2) is 13.0 Å². The molecule has 2 aromatic rings. The van der Waals surface area contributed by atoms with Crippen molar-refractivity contribution in [3.63, 3.8) is 0 Å². The lowest BCUT2D eigenvalue weighted by atomic mass is 9.90. The van der Waals surface area contributed by atoms with E-state index < -0.39 is 10.1 Å². The molecule has 0 unspecified atom stereocenters. The molecule has 3 nitrogen and oxygen atoms in total. The maximum absolute atomic E-state index is 10.5. The Labute approximate surface area is 119 Å². The third-order valence-corrected chi connectivity index (χ3v) is 3.94. The van der Waals surface area contributed by atoms with Crippen molar-refractivity contribution in [2.45, 2.75) is 18.7 Å². The highest BCUT2D eigenvalue weighted by Crippen LogP contribution is 2.30. The number of allylic oxidation sites excluding steroid dienone is 1. The Morgan fingerprint density at radius 2 is 1.50 bits per heavy atom. The highest BCUT2D eigenvalue weighted by molar-refractivity contribution is 7.85. The molecule has 0 radical (unpaired) electrons. The van der Waals surface area contributed by atoms with Crippen LogP contribution >= 0.6 is 0 Å². The maximum Gasteiger partial charge on any atom is 0.294 e. The normalized spacial score (nSPS) is 12.4. The van der Waals surface area contributed by atoms with Crippen LogP contribution in [0.25, 0.3) is 11.6 Å². The number of fused-ring (bicyclic) bond motifs is 1. The van der Waals surface area contributed by atoms with Crippen LogP contribution in [0.1, 0.15) is 23.6 Å². The van der Waals surface area contributed by atoms with Gasteiger partial charge in [-0.15, -0.1) is 0 Å². The molecule has 1 aliphatic carbocycles. The molecule has 1 aliphatic rings. The average molecular weight is 288 g/mol. The second kappa shape index (κ2) is 5.61. The lowest BCUT2D eigenvalue weighted by Crippen LogP contribution is -1.96. The summed E-state index contributed by atoms with van der Waals surface area (Å²) in [4.78, 5) is -0.0666. The van der Waals surface area contributed by atoms with Crippen LogP contribution < -0.4 is 0 Å². The SMILES string of the molecule is CC1=Cc2ccccc21.Cc1ccc(S(=O)(=O)O)cc1. The van der Waals surface area contributed by atoms with Gasteiger partial charge in [0.2, 0.25) is 0 Å². The van der Waals surface area contributed by atoms with Crippen LogP contribution in [0.2, 0.25) is 0 Å². The zero-order valence-corrected chi connectivity index (χ0v) is 12.2. The van der Waals surface area contributed by atoms with E-state index in [-0.39, 0.29) is 4.90 Å². The second-order valence-corrected chi connectivity index (χ2v) is 6.12. The Hall–Kier alpha value is -1.91. The molecule has 0 saturated heterocycles. The molecule has 0 saturated carbocycles. The van der Waals surface area contributed by atoms with E-state index in [0.717, 1.165) is 5.56 Å².